The molecular weight excluding hydrogens is 117 g/mol. The maximum atomic E-state index is 12.7. The molecule has 4 atom stereocenters. The molecule has 2 rings (SSSR count). The molecule has 1 nitrogen and oxygen atoms in total. The van der Waals surface area contributed by atoms with Crippen LogP contribution in [0.25, 0.3) is 0 Å². The summed E-state index contributed by atoms with van der Waals surface area (Å²) < 4.78 is 12.7. The molecule has 0 bridgehead atoms. The molecule has 0 spiro atoms. The van der Waals surface area contributed by atoms with Crippen LogP contribution >= 0.6 is 0 Å². The van der Waals surface area contributed by atoms with Crippen molar-refractivity contribution < 1.29 is 4.39 Å². The molecule has 9 heavy (non-hydrogen) atoms. The van der Waals surface area contributed by atoms with Gasteiger partial charge in [0.2, 0.25) is 0 Å². The molecule has 0 heterocycles. The van der Waals surface area contributed by atoms with Crippen LogP contribution in [0.2, 0.25) is 0 Å². The van der Waals surface area contributed by atoms with E-state index < -0.39 is 6.17 Å². The highest BCUT2D eigenvalue weighted by Crippen LogP contribution is 2.51. The molecule has 2 aliphatic rings. The molecule has 4 unspecified atom stereocenters. The van der Waals surface area contributed by atoms with E-state index in [1.165, 1.54) is 0 Å². The topological polar surface area (TPSA) is 26.0 Å². The van der Waals surface area contributed by atoms with Crippen molar-refractivity contribution in [2.75, 3.05) is 0 Å². The summed E-state index contributed by atoms with van der Waals surface area (Å²) in [6.45, 7) is 0. The van der Waals surface area contributed by atoms with Gasteiger partial charge >= 0.3 is 0 Å². The standard InChI is InChI=1S/C7H12FN/c8-7-4-2-1-3-5(9)6(4)7/h4-7H,1-3,9H2. The van der Waals surface area contributed by atoms with E-state index in [9.17, 15) is 4.39 Å². The number of rotatable bonds is 0. The molecule has 0 radical (unpaired) electrons. The quantitative estimate of drug-likeness (QED) is 0.520. The highest BCUT2D eigenvalue weighted by molar-refractivity contribution is 5.05. The summed E-state index contributed by atoms with van der Waals surface area (Å²) in [5.41, 5.74) is 5.67. The summed E-state index contributed by atoms with van der Waals surface area (Å²) in [5.74, 6) is 0.604. The molecule has 2 N–H and O–H groups in total. The van der Waals surface area contributed by atoms with E-state index in [0.29, 0.717) is 5.92 Å². The molecule has 0 aromatic carbocycles. The minimum Gasteiger partial charge on any atom is -0.327 e. The largest absolute Gasteiger partial charge is 0.327 e. The summed E-state index contributed by atoms with van der Waals surface area (Å²) in [5, 5.41) is 0. The first-order valence-corrected chi connectivity index (χ1v) is 3.70. The summed E-state index contributed by atoms with van der Waals surface area (Å²) in [6, 6.07) is 0.179. The molecule has 2 aliphatic carbocycles. The molecule has 0 saturated heterocycles. The Hall–Kier alpha value is -0.110. The van der Waals surface area contributed by atoms with Crippen molar-refractivity contribution in [1.29, 1.82) is 0 Å². The number of hydrogen-bond donors (Lipinski definition) is 1. The average Bonchev–Trinajstić information content (AvgIpc) is 2.45. The van der Waals surface area contributed by atoms with E-state index in [2.05, 4.69) is 0 Å². The van der Waals surface area contributed by atoms with Crippen molar-refractivity contribution in [3.8, 4) is 0 Å². The lowest BCUT2D eigenvalue weighted by Gasteiger charge is -2.14. The second kappa shape index (κ2) is 1.69. The van der Waals surface area contributed by atoms with Gasteiger partial charge in [0.05, 0.1) is 0 Å². The maximum absolute atomic E-state index is 12.7. The lowest BCUT2D eigenvalue weighted by atomic mass is 9.96. The summed E-state index contributed by atoms with van der Waals surface area (Å²) in [7, 11) is 0. The van der Waals surface area contributed by atoms with Crippen LogP contribution in [-0.2, 0) is 0 Å². The fourth-order valence-corrected chi connectivity index (χ4v) is 2.04. The highest BCUT2D eigenvalue weighted by Gasteiger charge is 2.55. The van der Waals surface area contributed by atoms with Crippen LogP contribution in [0.5, 0.6) is 0 Å². The lowest BCUT2D eigenvalue weighted by Crippen LogP contribution is -2.26. The third kappa shape index (κ3) is 0.692. The SMILES string of the molecule is NC1CCCC2C(F)C12. The van der Waals surface area contributed by atoms with Gasteiger partial charge in [-0.1, -0.05) is 6.42 Å². The molecule has 0 aromatic rings. The lowest BCUT2D eigenvalue weighted by molar-refractivity contribution is 0.406. The van der Waals surface area contributed by atoms with Crippen LogP contribution in [0.1, 0.15) is 19.3 Å². The van der Waals surface area contributed by atoms with Crippen molar-refractivity contribution in [3.05, 3.63) is 0 Å². The normalized spacial score (nSPS) is 56.7. The second-order valence-corrected chi connectivity index (χ2v) is 3.28. The molecule has 2 saturated carbocycles. The predicted molar refractivity (Wildman–Crippen MR) is 33.7 cm³/mol. The zero-order chi connectivity index (χ0) is 6.43. The van der Waals surface area contributed by atoms with Gasteiger partial charge in [-0.3, -0.25) is 0 Å². The first-order chi connectivity index (χ1) is 4.30. The van der Waals surface area contributed by atoms with E-state index in [1.807, 2.05) is 0 Å². The van der Waals surface area contributed by atoms with E-state index in [1.54, 1.807) is 0 Å². The van der Waals surface area contributed by atoms with Crippen LogP contribution in [0, 0.1) is 11.8 Å². The molecule has 0 aliphatic heterocycles. The van der Waals surface area contributed by atoms with E-state index >= 15 is 0 Å². The Morgan fingerprint density at radius 2 is 2.11 bits per heavy atom. The average molecular weight is 129 g/mol. The molecular formula is C7H12FN. The molecule has 2 heteroatoms. The minimum absolute atomic E-state index is 0.179. The van der Waals surface area contributed by atoms with Crippen LogP contribution < -0.4 is 5.73 Å². The predicted octanol–water partition coefficient (Wildman–Crippen LogP) is 1.08. The Bertz CT molecular complexity index is 120. The summed E-state index contributed by atoms with van der Waals surface area (Å²) in [6.07, 6.45) is 2.73. The van der Waals surface area contributed by atoms with Gasteiger partial charge in [0, 0.05) is 12.0 Å². The van der Waals surface area contributed by atoms with Crippen molar-refractivity contribution in [3.63, 3.8) is 0 Å². The number of nitrogens with two attached hydrogens (primary N) is 1. The Labute approximate surface area is 54.4 Å². The second-order valence-electron chi connectivity index (χ2n) is 3.28. The van der Waals surface area contributed by atoms with Gasteiger partial charge in [0.25, 0.3) is 0 Å². The van der Waals surface area contributed by atoms with Crippen molar-refractivity contribution in [2.24, 2.45) is 17.6 Å². The molecule has 52 valence electrons. The Morgan fingerprint density at radius 1 is 1.33 bits per heavy atom. The van der Waals surface area contributed by atoms with Gasteiger partial charge in [-0.25, -0.2) is 4.39 Å². The Morgan fingerprint density at radius 3 is 2.67 bits per heavy atom. The number of halogens is 1. The smallest absolute Gasteiger partial charge is 0.108 e. The van der Waals surface area contributed by atoms with Crippen molar-refractivity contribution in [2.45, 2.75) is 31.5 Å². The zero-order valence-corrected chi connectivity index (χ0v) is 5.39. The number of hydrogen-bond acceptors (Lipinski definition) is 1. The summed E-state index contributed by atoms with van der Waals surface area (Å²) >= 11 is 0. The van der Waals surface area contributed by atoms with Crippen LogP contribution in [0.15, 0.2) is 0 Å². The van der Waals surface area contributed by atoms with Crippen LogP contribution in [0.4, 0.5) is 4.39 Å². The van der Waals surface area contributed by atoms with Crippen molar-refractivity contribution >= 4 is 0 Å². The van der Waals surface area contributed by atoms with Gasteiger partial charge in [0.1, 0.15) is 6.17 Å². The zero-order valence-electron chi connectivity index (χ0n) is 5.39. The maximum Gasteiger partial charge on any atom is 0.108 e. The van der Waals surface area contributed by atoms with E-state index in [0.717, 1.165) is 19.3 Å². The molecule has 0 amide bonds. The molecule has 0 aromatic heterocycles. The highest BCUT2D eigenvalue weighted by atomic mass is 19.1. The third-order valence-corrected chi connectivity index (χ3v) is 2.70. The van der Waals surface area contributed by atoms with Gasteiger partial charge in [-0.2, -0.15) is 0 Å². The van der Waals surface area contributed by atoms with Gasteiger partial charge in [0.15, 0.2) is 0 Å². The fraction of sp³-hybridized carbons (Fsp3) is 1.00. The Kier molecular flexibility index (Phi) is 1.06. The minimum atomic E-state index is -0.539. The number of fused-ring (bicyclic) bond motifs is 1. The monoisotopic (exact) mass is 129 g/mol. The van der Waals surface area contributed by atoms with Crippen LogP contribution in [-0.4, -0.2) is 12.2 Å². The number of alkyl halides is 1. The fourth-order valence-electron chi connectivity index (χ4n) is 2.04. The van der Waals surface area contributed by atoms with E-state index in [-0.39, 0.29) is 12.0 Å². The van der Waals surface area contributed by atoms with Crippen molar-refractivity contribution in [1.82, 2.24) is 0 Å². The summed E-state index contributed by atoms with van der Waals surface area (Å²) in [4.78, 5) is 0. The Balaban J connectivity index is 2.02. The van der Waals surface area contributed by atoms with E-state index in [4.69, 9.17) is 5.73 Å². The molecule has 2 fully saturated rings. The van der Waals surface area contributed by atoms with Gasteiger partial charge in [-0.15, -0.1) is 0 Å². The van der Waals surface area contributed by atoms with Crippen LogP contribution in [0.3, 0.4) is 0 Å². The first-order valence-electron chi connectivity index (χ1n) is 3.70. The van der Waals surface area contributed by atoms with Gasteiger partial charge < -0.3 is 5.73 Å². The third-order valence-electron chi connectivity index (χ3n) is 2.70. The first kappa shape index (κ1) is 5.66. The van der Waals surface area contributed by atoms with Gasteiger partial charge in [-0.05, 0) is 18.8 Å².